The number of carbonyl (C=O) groups excluding carboxylic acids is 1. The third-order valence-corrected chi connectivity index (χ3v) is 2.83. The van der Waals surface area contributed by atoms with Gasteiger partial charge in [0.1, 0.15) is 5.60 Å². The van der Waals surface area contributed by atoms with Gasteiger partial charge in [-0.25, -0.2) is 4.79 Å². The molecule has 20 heavy (non-hydrogen) atoms. The highest BCUT2D eigenvalue weighted by Crippen LogP contribution is 2.19. The van der Waals surface area contributed by atoms with Gasteiger partial charge in [-0.05, 0) is 32.6 Å². The van der Waals surface area contributed by atoms with Gasteiger partial charge in [-0.2, -0.15) is 0 Å². The topological polar surface area (TPSA) is 38.8 Å². The van der Waals surface area contributed by atoms with Crippen molar-refractivity contribution in [2.45, 2.75) is 59.7 Å². The predicted molar refractivity (Wildman–Crippen MR) is 80.8 cm³/mol. The first kappa shape index (κ1) is 17.0. The van der Waals surface area contributed by atoms with Crippen LogP contribution in [0.4, 0.5) is 4.79 Å². The fraction of sp³-hybridized carbons (Fsp3) is 0.812. The van der Waals surface area contributed by atoms with Crippen LogP contribution < -0.4 is 0 Å². The fourth-order valence-corrected chi connectivity index (χ4v) is 1.86. The highest BCUT2D eigenvalue weighted by molar-refractivity contribution is 5.68. The number of hydrogen-bond acceptors (Lipinski definition) is 3. The van der Waals surface area contributed by atoms with Crippen LogP contribution in [0.25, 0.3) is 0 Å². The molecule has 0 N–H and O–H groups in total. The molecule has 0 spiro atoms. The third-order valence-electron chi connectivity index (χ3n) is 2.83. The summed E-state index contributed by atoms with van der Waals surface area (Å²) >= 11 is 0. The third kappa shape index (κ3) is 6.94. The van der Waals surface area contributed by atoms with Crippen LogP contribution in [0, 0.1) is 5.41 Å². The van der Waals surface area contributed by atoms with Gasteiger partial charge in [-0.3, -0.25) is 0 Å². The molecule has 0 aromatic rings. The monoisotopic (exact) mass is 283 g/mol. The van der Waals surface area contributed by atoms with Gasteiger partial charge in [-0.15, -0.1) is 0 Å². The summed E-state index contributed by atoms with van der Waals surface area (Å²) in [5.74, 6) is 0. The normalized spacial score (nSPS) is 21.3. The van der Waals surface area contributed by atoms with E-state index in [9.17, 15) is 4.79 Å². The molecule has 0 aromatic heterocycles. The number of carbonyl (C=O) groups is 1. The summed E-state index contributed by atoms with van der Waals surface area (Å²) in [6.07, 6.45) is 4.92. The van der Waals surface area contributed by atoms with Crippen LogP contribution >= 0.6 is 0 Å². The lowest BCUT2D eigenvalue weighted by atomic mass is 9.92. The predicted octanol–water partition coefficient (Wildman–Crippen LogP) is 3.61. The Morgan fingerprint density at radius 2 is 1.95 bits per heavy atom. The van der Waals surface area contributed by atoms with Gasteiger partial charge in [0, 0.05) is 6.54 Å². The van der Waals surface area contributed by atoms with Gasteiger partial charge in [0.05, 0.1) is 19.3 Å². The van der Waals surface area contributed by atoms with Gasteiger partial charge in [0.2, 0.25) is 0 Å². The van der Waals surface area contributed by atoms with Crippen molar-refractivity contribution >= 4 is 6.09 Å². The number of nitrogens with zero attached hydrogens (tertiary/aromatic N) is 1. The van der Waals surface area contributed by atoms with E-state index in [4.69, 9.17) is 9.47 Å². The van der Waals surface area contributed by atoms with E-state index in [1.807, 2.05) is 20.8 Å². The van der Waals surface area contributed by atoms with E-state index in [1.54, 1.807) is 4.90 Å². The average molecular weight is 283 g/mol. The summed E-state index contributed by atoms with van der Waals surface area (Å²) < 4.78 is 11.1. The van der Waals surface area contributed by atoms with Gasteiger partial charge in [-0.1, -0.05) is 32.9 Å². The Morgan fingerprint density at radius 3 is 2.50 bits per heavy atom. The zero-order valence-corrected chi connectivity index (χ0v) is 13.7. The Morgan fingerprint density at radius 1 is 1.30 bits per heavy atom. The van der Waals surface area contributed by atoms with Crippen molar-refractivity contribution in [3.63, 3.8) is 0 Å². The zero-order chi connectivity index (χ0) is 15.4. The Hall–Kier alpha value is -1.03. The molecule has 1 unspecified atom stereocenters. The first-order chi connectivity index (χ1) is 9.07. The van der Waals surface area contributed by atoms with E-state index in [0.717, 1.165) is 6.42 Å². The number of amides is 1. The summed E-state index contributed by atoms with van der Waals surface area (Å²) in [6.45, 7) is 14.0. The van der Waals surface area contributed by atoms with Crippen molar-refractivity contribution in [3.8, 4) is 0 Å². The van der Waals surface area contributed by atoms with Crippen molar-refractivity contribution in [2.24, 2.45) is 5.41 Å². The van der Waals surface area contributed by atoms with E-state index in [0.29, 0.717) is 19.7 Å². The largest absolute Gasteiger partial charge is 0.444 e. The molecule has 116 valence electrons. The Labute approximate surface area is 123 Å². The minimum Gasteiger partial charge on any atom is -0.444 e. The molecule has 1 aliphatic heterocycles. The Balaban J connectivity index is 2.48. The molecule has 0 bridgehead atoms. The molecule has 0 aliphatic carbocycles. The summed E-state index contributed by atoms with van der Waals surface area (Å²) in [5, 5.41) is 0. The highest BCUT2D eigenvalue weighted by Gasteiger charge is 2.27. The minimum absolute atomic E-state index is 0.0291. The molecular weight excluding hydrogens is 254 g/mol. The van der Waals surface area contributed by atoms with Crippen LogP contribution in [0.2, 0.25) is 0 Å². The van der Waals surface area contributed by atoms with Crippen LogP contribution in [0.1, 0.15) is 48.0 Å². The summed E-state index contributed by atoms with van der Waals surface area (Å²) in [6, 6.07) is 0. The molecule has 1 heterocycles. The second-order valence-corrected chi connectivity index (χ2v) is 7.53. The van der Waals surface area contributed by atoms with Crippen LogP contribution in [-0.4, -0.2) is 42.4 Å². The quantitative estimate of drug-likeness (QED) is 0.727. The van der Waals surface area contributed by atoms with Crippen molar-refractivity contribution in [1.29, 1.82) is 0 Å². The van der Waals surface area contributed by atoms with E-state index < -0.39 is 5.60 Å². The highest BCUT2D eigenvalue weighted by atomic mass is 16.6. The first-order valence-electron chi connectivity index (χ1n) is 7.33. The number of allylic oxidation sites excluding steroid dienone is 1. The smallest absolute Gasteiger partial charge is 0.410 e. The second kappa shape index (κ2) is 6.61. The molecule has 0 radical (unpaired) electrons. The standard InChI is InChI=1S/C16H29NO3/c1-15(2,3)9-7-8-13-12-17(10-11-19-13)14(18)20-16(4,5)6/h7-8,13H,9-12H2,1-6H3/b8-7+. The summed E-state index contributed by atoms with van der Waals surface area (Å²) in [7, 11) is 0. The molecule has 1 amide bonds. The van der Waals surface area contributed by atoms with Crippen molar-refractivity contribution in [2.75, 3.05) is 19.7 Å². The molecule has 1 rings (SSSR count). The lowest BCUT2D eigenvalue weighted by molar-refractivity contribution is -0.0264. The number of morpholine rings is 1. The van der Waals surface area contributed by atoms with Crippen LogP contribution in [0.3, 0.4) is 0 Å². The van der Waals surface area contributed by atoms with E-state index >= 15 is 0 Å². The minimum atomic E-state index is -0.451. The van der Waals surface area contributed by atoms with Gasteiger partial charge in [0.25, 0.3) is 0 Å². The number of ether oxygens (including phenoxy) is 2. The molecule has 0 saturated carbocycles. The van der Waals surface area contributed by atoms with E-state index in [1.165, 1.54) is 0 Å². The number of rotatable bonds is 2. The molecule has 1 fully saturated rings. The second-order valence-electron chi connectivity index (χ2n) is 7.53. The maximum absolute atomic E-state index is 12.0. The Bertz CT molecular complexity index is 350. The van der Waals surface area contributed by atoms with Gasteiger partial charge in [0.15, 0.2) is 0 Å². The molecular formula is C16H29NO3. The average Bonchev–Trinajstić information content (AvgIpc) is 2.25. The zero-order valence-electron chi connectivity index (χ0n) is 13.7. The first-order valence-corrected chi connectivity index (χ1v) is 7.33. The van der Waals surface area contributed by atoms with Crippen molar-refractivity contribution in [3.05, 3.63) is 12.2 Å². The van der Waals surface area contributed by atoms with Crippen molar-refractivity contribution < 1.29 is 14.3 Å². The van der Waals surface area contributed by atoms with Gasteiger partial charge < -0.3 is 14.4 Å². The molecule has 1 aliphatic rings. The maximum Gasteiger partial charge on any atom is 0.410 e. The lowest BCUT2D eigenvalue weighted by Crippen LogP contribution is -2.46. The molecule has 4 nitrogen and oxygen atoms in total. The van der Waals surface area contributed by atoms with E-state index in [2.05, 4.69) is 32.9 Å². The molecule has 1 atom stereocenters. The fourth-order valence-electron chi connectivity index (χ4n) is 1.86. The van der Waals surface area contributed by atoms with Gasteiger partial charge >= 0.3 is 6.09 Å². The summed E-state index contributed by atoms with van der Waals surface area (Å²) in [4.78, 5) is 13.7. The number of hydrogen-bond donors (Lipinski definition) is 0. The van der Waals surface area contributed by atoms with Crippen LogP contribution in [0.15, 0.2) is 12.2 Å². The lowest BCUT2D eigenvalue weighted by Gasteiger charge is -2.33. The SMILES string of the molecule is CC(C)(C)C/C=C/C1CN(C(=O)OC(C)(C)C)CCO1. The molecule has 4 heteroatoms. The van der Waals surface area contributed by atoms with Crippen LogP contribution in [-0.2, 0) is 9.47 Å². The summed E-state index contributed by atoms with van der Waals surface area (Å²) in [5.41, 5.74) is -0.178. The molecule has 0 aromatic carbocycles. The molecule has 1 saturated heterocycles. The maximum atomic E-state index is 12.0. The Kier molecular flexibility index (Phi) is 5.63. The van der Waals surface area contributed by atoms with Crippen LogP contribution in [0.5, 0.6) is 0 Å². The van der Waals surface area contributed by atoms with Crippen molar-refractivity contribution in [1.82, 2.24) is 4.90 Å². The van der Waals surface area contributed by atoms with E-state index in [-0.39, 0.29) is 17.6 Å².